The molecule has 0 saturated carbocycles. The third kappa shape index (κ3) is 3.28. The van der Waals surface area contributed by atoms with Crippen LogP contribution in [0.1, 0.15) is 11.3 Å². The van der Waals surface area contributed by atoms with Crippen LogP contribution in [0.5, 0.6) is 0 Å². The number of rotatable bonds is 4. The largest absolute Gasteiger partial charge is 0.397 e. The van der Waals surface area contributed by atoms with E-state index in [1.165, 1.54) is 6.07 Å². The molecule has 3 nitrogen and oxygen atoms in total. The molecule has 0 radical (unpaired) electrons. The van der Waals surface area contributed by atoms with Gasteiger partial charge in [0.05, 0.1) is 17.6 Å². The topological polar surface area (TPSA) is 42.1 Å². The van der Waals surface area contributed by atoms with E-state index in [0.717, 1.165) is 5.69 Å². The molecule has 1 heterocycles. The van der Waals surface area contributed by atoms with Crippen molar-refractivity contribution >= 4 is 5.69 Å². The number of benzene rings is 1. The number of nitrogen functional groups attached to an aromatic ring is 1. The highest BCUT2D eigenvalue weighted by molar-refractivity contribution is 5.34. The van der Waals surface area contributed by atoms with E-state index in [4.69, 9.17) is 5.73 Å². The van der Waals surface area contributed by atoms with Gasteiger partial charge >= 0.3 is 0 Å². The molecule has 94 valence electrons. The summed E-state index contributed by atoms with van der Waals surface area (Å²) in [5.74, 6) is -0.172. The van der Waals surface area contributed by atoms with Crippen molar-refractivity contribution in [3.63, 3.8) is 0 Å². The minimum atomic E-state index is -0.172. The Balaban J connectivity index is 1.99. The number of anilines is 1. The highest BCUT2D eigenvalue weighted by Crippen LogP contribution is 2.11. The zero-order valence-corrected chi connectivity index (χ0v) is 10.3. The third-order valence-electron chi connectivity index (χ3n) is 2.68. The van der Waals surface area contributed by atoms with Gasteiger partial charge in [0.1, 0.15) is 5.82 Å². The molecule has 0 unspecified atom stereocenters. The summed E-state index contributed by atoms with van der Waals surface area (Å²) in [6, 6.07) is 10.5. The molecule has 2 N–H and O–H groups in total. The van der Waals surface area contributed by atoms with Gasteiger partial charge in [0.2, 0.25) is 0 Å². The Morgan fingerprint density at radius 2 is 1.94 bits per heavy atom. The van der Waals surface area contributed by atoms with Gasteiger partial charge in [0, 0.05) is 18.7 Å². The lowest BCUT2D eigenvalue weighted by molar-refractivity contribution is 0.310. The van der Waals surface area contributed by atoms with E-state index in [1.54, 1.807) is 18.3 Å². The fourth-order valence-corrected chi connectivity index (χ4v) is 1.78. The molecule has 2 rings (SSSR count). The Labute approximate surface area is 106 Å². The summed E-state index contributed by atoms with van der Waals surface area (Å²) >= 11 is 0. The Hall–Kier alpha value is -1.94. The van der Waals surface area contributed by atoms with Crippen LogP contribution in [-0.2, 0) is 13.1 Å². The Kier molecular flexibility index (Phi) is 3.89. The Bertz CT molecular complexity index is 511. The van der Waals surface area contributed by atoms with Crippen LogP contribution in [0.2, 0.25) is 0 Å². The van der Waals surface area contributed by atoms with Crippen molar-refractivity contribution in [2.24, 2.45) is 0 Å². The van der Waals surface area contributed by atoms with Crippen molar-refractivity contribution in [2.45, 2.75) is 13.1 Å². The van der Waals surface area contributed by atoms with E-state index in [2.05, 4.69) is 4.98 Å². The number of aromatic nitrogens is 1. The monoisotopic (exact) mass is 245 g/mol. The van der Waals surface area contributed by atoms with Gasteiger partial charge in [-0.05, 0) is 25.2 Å². The Morgan fingerprint density at radius 1 is 1.17 bits per heavy atom. The highest BCUT2D eigenvalue weighted by atomic mass is 19.1. The highest BCUT2D eigenvalue weighted by Gasteiger charge is 2.06. The average Bonchev–Trinajstić information content (AvgIpc) is 2.35. The quantitative estimate of drug-likeness (QED) is 0.899. The molecule has 0 aliphatic heterocycles. The maximum atomic E-state index is 13.5. The molecule has 0 bridgehead atoms. The molecule has 0 saturated heterocycles. The lowest BCUT2D eigenvalue weighted by atomic mass is 10.2. The van der Waals surface area contributed by atoms with Crippen molar-refractivity contribution in [3.05, 3.63) is 59.7 Å². The van der Waals surface area contributed by atoms with Gasteiger partial charge in [-0.25, -0.2) is 4.39 Å². The molecular weight excluding hydrogens is 229 g/mol. The van der Waals surface area contributed by atoms with E-state index in [0.29, 0.717) is 24.3 Å². The molecule has 1 aromatic carbocycles. The lowest BCUT2D eigenvalue weighted by Gasteiger charge is -2.16. The molecule has 2 aromatic rings. The Morgan fingerprint density at radius 3 is 2.61 bits per heavy atom. The second kappa shape index (κ2) is 5.60. The summed E-state index contributed by atoms with van der Waals surface area (Å²) in [6.45, 7) is 1.22. The van der Waals surface area contributed by atoms with Gasteiger partial charge in [-0.15, -0.1) is 0 Å². The smallest absolute Gasteiger partial charge is 0.127 e. The van der Waals surface area contributed by atoms with Crippen LogP contribution in [0.3, 0.4) is 0 Å². The van der Waals surface area contributed by atoms with Gasteiger partial charge in [0.25, 0.3) is 0 Å². The number of hydrogen-bond donors (Lipinski definition) is 1. The number of nitrogens with two attached hydrogens (primary N) is 1. The van der Waals surface area contributed by atoms with Gasteiger partial charge in [-0.2, -0.15) is 0 Å². The minimum absolute atomic E-state index is 0.172. The first kappa shape index (κ1) is 12.5. The van der Waals surface area contributed by atoms with Crippen LogP contribution < -0.4 is 5.73 Å². The molecule has 0 fully saturated rings. The third-order valence-corrected chi connectivity index (χ3v) is 2.68. The summed E-state index contributed by atoms with van der Waals surface area (Å²) in [5.41, 5.74) is 7.83. The second-order valence-corrected chi connectivity index (χ2v) is 4.35. The molecular formula is C14H16FN3. The first-order chi connectivity index (χ1) is 8.65. The average molecular weight is 245 g/mol. The van der Waals surface area contributed by atoms with Crippen LogP contribution >= 0.6 is 0 Å². The number of halogens is 1. The van der Waals surface area contributed by atoms with E-state index < -0.39 is 0 Å². The molecule has 0 aliphatic carbocycles. The number of pyridine rings is 1. The number of hydrogen-bond acceptors (Lipinski definition) is 3. The summed E-state index contributed by atoms with van der Waals surface area (Å²) < 4.78 is 13.5. The fraction of sp³-hybridized carbons (Fsp3) is 0.214. The summed E-state index contributed by atoms with van der Waals surface area (Å²) in [6.07, 6.45) is 1.63. The zero-order valence-electron chi connectivity index (χ0n) is 10.3. The molecule has 0 spiro atoms. The molecule has 0 amide bonds. The number of nitrogens with zero attached hydrogens (tertiary/aromatic N) is 2. The lowest BCUT2D eigenvalue weighted by Crippen LogP contribution is -2.18. The van der Waals surface area contributed by atoms with Crippen molar-refractivity contribution in [1.82, 2.24) is 9.88 Å². The molecule has 4 heteroatoms. The molecule has 0 atom stereocenters. The summed E-state index contributed by atoms with van der Waals surface area (Å²) in [4.78, 5) is 6.23. The molecule has 1 aromatic heterocycles. The zero-order chi connectivity index (χ0) is 13.0. The van der Waals surface area contributed by atoms with Gasteiger partial charge in [-0.3, -0.25) is 9.88 Å². The SMILES string of the molecule is CN(Cc1ccc(N)cn1)Cc1ccccc1F. The van der Waals surface area contributed by atoms with Crippen LogP contribution in [0, 0.1) is 5.82 Å². The van der Waals surface area contributed by atoms with Crippen LogP contribution in [0.15, 0.2) is 42.6 Å². The van der Waals surface area contributed by atoms with E-state index in [9.17, 15) is 4.39 Å². The maximum Gasteiger partial charge on any atom is 0.127 e. The van der Waals surface area contributed by atoms with Crippen molar-refractivity contribution in [1.29, 1.82) is 0 Å². The van der Waals surface area contributed by atoms with Crippen molar-refractivity contribution in [2.75, 3.05) is 12.8 Å². The predicted molar refractivity (Wildman–Crippen MR) is 70.2 cm³/mol. The fourth-order valence-electron chi connectivity index (χ4n) is 1.78. The van der Waals surface area contributed by atoms with E-state index in [-0.39, 0.29) is 5.82 Å². The van der Waals surface area contributed by atoms with E-state index in [1.807, 2.05) is 30.1 Å². The van der Waals surface area contributed by atoms with Gasteiger partial charge in [-0.1, -0.05) is 18.2 Å². The first-order valence-electron chi connectivity index (χ1n) is 5.77. The van der Waals surface area contributed by atoms with Crippen LogP contribution in [0.4, 0.5) is 10.1 Å². The minimum Gasteiger partial charge on any atom is -0.397 e. The van der Waals surface area contributed by atoms with Crippen molar-refractivity contribution in [3.8, 4) is 0 Å². The van der Waals surface area contributed by atoms with Gasteiger partial charge in [0.15, 0.2) is 0 Å². The molecule has 18 heavy (non-hydrogen) atoms. The maximum absolute atomic E-state index is 13.5. The van der Waals surface area contributed by atoms with Crippen LogP contribution in [-0.4, -0.2) is 16.9 Å². The second-order valence-electron chi connectivity index (χ2n) is 4.35. The summed E-state index contributed by atoms with van der Waals surface area (Å²) in [5, 5.41) is 0. The normalized spacial score (nSPS) is 10.8. The molecule has 0 aliphatic rings. The first-order valence-corrected chi connectivity index (χ1v) is 5.77. The van der Waals surface area contributed by atoms with E-state index >= 15 is 0 Å². The van der Waals surface area contributed by atoms with Crippen molar-refractivity contribution < 1.29 is 4.39 Å². The van der Waals surface area contributed by atoms with Crippen LogP contribution in [0.25, 0.3) is 0 Å². The van der Waals surface area contributed by atoms with Gasteiger partial charge < -0.3 is 5.73 Å². The standard InChI is InChI=1S/C14H16FN3/c1-18(9-11-4-2-3-5-14(11)15)10-13-7-6-12(16)8-17-13/h2-8H,9-10,16H2,1H3. The summed E-state index contributed by atoms with van der Waals surface area (Å²) in [7, 11) is 1.93. The predicted octanol–water partition coefficient (Wildman–Crippen LogP) is 2.43.